The number of rotatable bonds is 5. The summed E-state index contributed by atoms with van der Waals surface area (Å²) in [5.41, 5.74) is 10.5. The lowest BCUT2D eigenvalue weighted by atomic mass is 10.0. The Balaban J connectivity index is 1.02. The standard InChI is InChI=1S/C49H31N3O/c1-2-10-39-34(9-1)17-18-35-29-38(27-28-40(35)39)51(47-31-50-30-44-43-13-5-8-16-48(43)53-49(44)47)36-23-19-32(20-24-36)33-21-25-37(26-22-33)52-45-14-6-3-11-41(45)42-12-4-7-15-46(42)52/h1-31H. The van der Waals surface area contributed by atoms with Gasteiger partial charge in [-0.1, -0.05) is 121 Å². The summed E-state index contributed by atoms with van der Waals surface area (Å²) in [7, 11) is 0. The summed E-state index contributed by atoms with van der Waals surface area (Å²) in [6, 6.07) is 62.8. The van der Waals surface area contributed by atoms with Crippen LogP contribution in [-0.4, -0.2) is 9.55 Å². The molecule has 248 valence electrons. The number of nitrogens with zero attached hydrogens (tertiary/aromatic N) is 3. The number of benzene rings is 8. The molecular weight excluding hydrogens is 647 g/mol. The van der Waals surface area contributed by atoms with E-state index in [1.165, 1.54) is 43.4 Å². The van der Waals surface area contributed by atoms with E-state index >= 15 is 0 Å². The molecule has 0 saturated carbocycles. The molecule has 11 aromatic rings. The minimum Gasteiger partial charge on any atom is -0.454 e. The minimum absolute atomic E-state index is 0.810. The van der Waals surface area contributed by atoms with Crippen LogP contribution in [-0.2, 0) is 0 Å². The molecule has 53 heavy (non-hydrogen) atoms. The molecule has 8 aromatic carbocycles. The highest BCUT2D eigenvalue weighted by Crippen LogP contribution is 2.43. The van der Waals surface area contributed by atoms with Crippen molar-refractivity contribution in [2.24, 2.45) is 0 Å². The van der Waals surface area contributed by atoms with E-state index in [9.17, 15) is 0 Å². The van der Waals surface area contributed by atoms with E-state index in [1.807, 2.05) is 30.6 Å². The first kappa shape index (κ1) is 29.5. The van der Waals surface area contributed by atoms with Crippen LogP contribution in [0, 0.1) is 0 Å². The highest BCUT2D eigenvalue weighted by atomic mass is 16.3. The van der Waals surface area contributed by atoms with Gasteiger partial charge in [-0.3, -0.25) is 4.98 Å². The van der Waals surface area contributed by atoms with Gasteiger partial charge in [0, 0.05) is 44.8 Å². The molecule has 4 heteroatoms. The van der Waals surface area contributed by atoms with E-state index in [4.69, 9.17) is 9.40 Å². The molecule has 0 radical (unpaired) electrons. The van der Waals surface area contributed by atoms with Gasteiger partial charge in [0.15, 0.2) is 5.58 Å². The molecule has 0 aliphatic rings. The first-order chi connectivity index (χ1) is 26.3. The Morgan fingerprint density at radius 3 is 1.77 bits per heavy atom. The monoisotopic (exact) mass is 677 g/mol. The van der Waals surface area contributed by atoms with Crippen LogP contribution in [0.15, 0.2) is 193 Å². The number of hydrogen-bond donors (Lipinski definition) is 0. The number of aromatic nitrogens is 2. The lowest BCUT2D eigenvalue weighted by molar-refractivity contribution is 0.668. The van der Waals surface area contributed by atoms with Crippen molar-refractivity contribution in [2.45, 2.75) is 0 Å². The van der Waals surface area contributed by atoms with Gasteiger partial charge in [-0.05, 0) is 87.3 Å². The predicted octanol–water partition coefficient (Wildman–Crippen LogP) is 13.5. The fraction of sp³-hybridized carbons (Fsp3) is 0. The summed E-state index contributed by atoms with van der Waals surface area (Å²) >= 11 is 0. The Bertz CT molecular complexity index is 3120. The highest BCUT2D eigenvalue weighted by molar-refractivity contribution is 6.12. The van der Waals surface area contributed by atoms with E-state index in [1.54, 1.807) is 0 Å². The number of para-hydroxylation sites is 3. The molecule has 0 saturated heterocycles. The molecule has 0 amide bonds. The summed E-state index contributed by atoms with van der Waals surface area (Å²) in [4.78, 5) is 7.00. The summed E-state index contributed by atoms with van der Waals surface area (Å²) < 4.78 is 8.91. The largest absolute Gasteiger partial charge is 0.454 e. The molecule has 0 fully saturated rings. The van der Waals surface area contributed by atoms with E-state index in [2.05, 4.69) is 167 Å². The van der Waals surface area contributed by atoms with Crippen molar-refractivity contribution in [2.75, 3.05) is 4.90 Å². The van der Waals surface area contributed by atoms with Gasteiger partial charge < -0.3 is 13.9 Å². The van der Waals surface area contributed by atoms with Gasteiger partial charge in [-0.15, -0.1) is 0 Å². The molecule has 0 spiro atoms. The third-order valence-electron chi connectivity index (χ3n) is 10.7. The van der Waals surface area contributed by atoms with Crippen molar-refractivity contribution in [3.63, 3.8) is 0 Å². The molecule has 3 heterocycles. The van der Waals surface area contributed by atoms with Crippen molar-refractivity contribution >= 4 is 82.4 Å². The zero-order chi connectivity index (χ0) is 34.9. The van der Waals surface area contributed by atoms with E-state index in [-0.39, 0.29) is 0 Å². The predicted molar refractivity (Wildman–Crippen MR) is 221 cm³/mol. The SMILES string of the molecule is c1ccc2c(c1)ccc1cc(N(c3ccc(-c4ccc(-n5c6ccccc6c6ccccc65)cc4)cc3)c3cncc4c3oc3ccccc34)ccc12. The maximum absolute atomic E-state index is 6.56. The Hall–Kier alpha value is -7.17. The van der Waals surface area contributed by atoms with Crippen LogP contribution >= 0.6 is 0 Å². The van der Waals surface area contributed by atoms with Crippen LogP contribution in [0.3, 0.4) is 0 Å². The molecule has 0 aliphatic carbocycles. The minimum atomic E-state index is 0.810. The number of hydrogen-bond acceptors (Lipinski definition) is 3. The molecular formula is C49H31N3O. The number of pyridine rings is 1. The van der Waals surface area contributed by atoms with E-state index in [0.717, 1.165) is 55.8 Å². The second kappa shape index (κ2) is 11.7. The van der Waals surface area contributed by atoms with Crippen LogP contribution in [0.4, 0.5) is 17.1 Å². The fourth-order valence-corrected chi connectivity index (χ4v) is 8.16. The first-order valence-electron chi connectivity index (χ1n) is 17.9. The van der Waals surface area contributed by atoms with Gasteiger partial charge in [0.05, 0.1) is 17.2 Å². The van der Waals surface area contributed by atoms with Gasteiger partial charge in [-0.25, -0.2) is 0 Å². The Morgan fingerprint density at radius 2 is 1.02 bits per heavy atom. The molecule has 0 bridgehead atoms. The molecule has 0 unspecified atom stereocenters. The van der Waals surface area contributed by atoms with Crippen molar-refractivity contribution in [3.8, 4) is 16.8 Å². The van der Waals surface area contributed by atoms with Crippen LogP contribution < -0.4 is 4.90 Å². The number of furan rings is 1. The lowest BCUT2D eigenvalue weighted by Gasteiger charge is -2.26. The average molecular weight is 678 g/mol. The van der Waals surface area contributed by atoms with E-state index < -0.39 is 0 Å². The summed E-state index contributed by atoms with van der Waals surface area (Å²) in [6.07, 6.45) is 3.82. The van der Waals surface area contributed by atoms with Gasteiger partial charge in [-0.2, -0.15) is 0 Å². The van der Waals surface area contributed by atoms with E-state index in [0.29, 0.717) is 0 Å². The molecule has 0 N–H and O–H groups in total. The maximum atomic E-state index is 6.56. The molecule has 11 rings (SSSR count). The topological polar surface area (TPSA) is 34.2 Å². The second-order valence-electron chi connectivity index (χ2n) is 13.6. The Kier molecular flexibility index (Phi) is 6.52. The van der Waals surface area contributed by atoms with Crippen molar-refractivity contribution in [1.29, 1.82) is 0 Å². The average Bonchev–Trinajstić information content (AvgIpc) is 3.78. The third kappa shape index (κ3) is 4.66. The van der Waals surface area contributed by atoms with Crippen molar-refractivity contribution in [3.05, 3.63) is 188 Å². The maximum Gasteiger partial charge on any atom is 0.162 e. The summed E-state index contributed by atoms with van der Waals surface area (Å²) in [6.45, 7) is 0. The highest BCUT2D eigenvalue weighted by Gasteiger charge is 2.21. The third-order valence-corrected chi connectivity index (χ3v) is 10.7. The zero-order valence-corrected chi connectivity index (χ0v) is 28.6. The summed E-state index contributed by atoms with van der Waals surface area (Å²) in [5.74, 6) is 0. The molecule has 0 atom stereocenters. The molecule has 4 nitrogen and oxygen atoms in total. The molecule has 0 aliphatic heterocycles. The van der Waals surface area contributed by atoms with Crippen molar-refractivity contribution in [1.82, 2.24) is 9.55 Å². The van der Waals surface area contributed by atoms with Crippen LogP contribution in [0.5, 0.6) is 0 Å². The van der Waals surface area contributed by atoms with Crippen LogP contribution in [0.2, 0.25) is 0 Å². The number of fused-ring (bicyclic) bond motifs is 9. The van der Waals surface area contributed by atoms with Gasteiger partial charge in [0.25, 0.3) is 0 Å². The summed E-state index contributed by atoms with van der Waals surface area (Å²) in [5, 5.41) is 9.47. The van der Waals surface area contributed by atoms with Crippen molar-refractivity contribution < 1.29 is 4.42 Å². The quantitative estimate of drug-likeness (QED) is 0.170. The fourth-order valence-electron chi connectivity index (χ4n) is 8.16. The second-order valence-corrected chi connectivity index (χ2v) is 13.6. The Morgan fingerprint density at radius 1 is 0.434 bits per heavy atom. The van der Waals surface area contributed by atoms with Gasteiger partial charge in [0.1, 0.15) is 11.3 Å². The van der Waals surface area contributed by atoms with Gasteiger partial charge >= 0.3 is 0 Å². The van der Waals surface area contributed by atoms with Crippen LogP contribution in [0.1, 0.15) is 0 Å². The number of anilines is 3. The normalized spacial score (nSPS) is 11.8. The smallest absolute Gasteiger partial charge is 0.162 e. The Labute approximate surface area is 305 Å². The van der Waals surface area contributed by atoms with Gasteiger partial charge in [0.2, 0.25) is 0 Å². The zero-order valence-electron chi connectivity index (χ0n) is 28.6. The lowest BCUT2D eigenvalue weighted by Crippen LogP contribution is -2.10. The molecule has 3 aromatic heterocycles. The first-order valence-corrected chi connectivity index (χ1v) is 17.9. The van der Waals surface area contributed by atoms with Crippen LogP contribution in [0.25, 0.3) is 82.1 Å².